The molecule has 150 valence electrons. The van der Waals surface area contributed by atoms with Gasteiger partial charge in [-0.2, -0.15) is 0 Å². The van der Waals surface area contributed by atoms with E-state index in [0.29, 0.717) is 29.3 Å². The Morgan fingerprint density at radius 3 is 2.33 bits per heavy atom. The molecule has 0 bridgehead atoms. The quantitative estimate of drug-likeness (QED) is 0.644. The molecule has 0 spiro atoms. The highest BCUT2D eigenvalue weighted by Crippen LogP contribution is 2.35. The molecular weight excluding hydrogens is 348 g/mol. The van der Waals surface area contributed by atoms with Gasteiger partial charge >= 0.3 is 11.9 Å². The molecule has 0 aromatic heterocycles. The number of rotatable bonds is 8. The highest BCUT2D eigenvalue weighted by molar-refractivity contribution is 5.77. The summed E-state index contributed by atoms with van der Waals surface area (Å²) in [5.41, 5.74) is 0. The summed E-state index contributed by atoms with van der Waals surface area (Å²) in [6.45, 7) is 5.82. The first-order valence-corrected chi connectivity index (χ1v) is 9.51. The molecule has 0 radical (unpaired) electrons. The van der Waals surface area contributed by atoms with Gasteiger partial charge in [-0.15, -0.1) is 0 Å². The smallest absolute Gasteiger partial charge is 0.344 e. The lowest BCUT2D eigenvalue weighted by Gasteiger charge is -2.36. The van der Waals surface area contributed by atoms with Gasteiger partial charge in [0, 0.05) is 0 Å². The van der Waals surface area contributed by atoms with E-state index in [4.69, 9.17) is 18.9 Å². The zero-order chi connectivity index (χ0) is 19.8. The fourth-order valence-electron chi connectivity index (χ4n) is 3.45. The minimum Gasteiger partial charge on any atom is -0.497 e. The van der Waals surface area contributed by atoms with Crippen LogP contribution >= 0.6 is 0 Å². The van der Waals surface area contributed by atoms with Gasteiger partial charge in [0.15, 0.2) is 13.2 Å². The van der Waals surface area contributed by atoms with Crippen LogP contribution in [0.4, 0.5) is 0 Å². The van der Waals surface area contributed by atoms with Gasteiger partial charge in [-0.1, -0.05) is 27.2 Å². The van der Waals surface area contributed by atoms with Crippen molar-refractivity contribution in [2.45, 2.75) is 46.1 Å². The van der Waals surface area contributed by atoms with Gasteiger partial charge in [0.25, 0.3) is 0 Å². The molecule has 3 atom stereocenters. The molecule has 0 saturated heterocycles. The zero-order valence-corrected chi connectivity index (χ0v) is 16.6. The van der Waals surface area contributed by atoms with Gasteiger partial charge in [-0.05, 0) is 54.9 Å². The lowest BCUT2D eigenvalue weighted by atomic mass is 9.75. The van der Waals surface area contributed by atoms with Crippen molar-refractivity contribution in [3.05, 3.63) is 24.3 Å². The Morgan fingerprint density at radius 2 is 1.70 bits per heavy atom. The molecule has 1 aliphatic rings. The standard InChI is InChI=1S/C21H30O6/c1-14(2)18-10-5-15(3)11-19(18)27-21(23)13-26-20(22)12-25-17-8-6-16(24-4)7-9-17/h6-9,14-15,18-19H,5,10-13H2,1-4H3/t15-,18+,19-/m1/s1. The van der Waals surface area contributed by atoms with Crippen molar-refractivity contribution in [1.82, 2.24) is 0 Å². The number of hydrogen-bond acceptors (Lipinski definition) is 6. The first-order valence-electron chi connectivity index (χ1n) is 9.51. The summed E-state index contributed by atoms with van der Waals surface area (Å²) in [5, 5.41) is 0. The van der Waals surface area contributed by atoms with Crippen LogP contribution in [-0.2, 0) is 19.1 Å². The second-order valence-corrected chi connectivity index (χ2v) is 7.48. The van der Waals surface area contributed by atoms with Gasteiger partial charge in [0.2, 0.25) is 0 Å². The molecule has 0 N–H and O–H groups in total. The summed E-state index contributed by atoms with van der Waals surface area (Å²) in [4.78, 5) is 23.9. The summed E-state index contributed by atoms with van der Waals surface area (Å²) in [6.07, 6.45) is 2.99. The van der Waals surface area contributed by atoms with Crippen LogP contribution < -0.4 is 9.47 Å². The number of carbonyl (C=O) groups is 2. The van der Waals surface area contributed by atoms with Gasteiger partial charge in [0.05, 0.1) is 7.11 Å². The van der Waals surface area contributed by atoms with Gasteiger partial charge in [-0.25, -0.2) is 9.59 Å². The number of benzene rings is 1. The predicted octanol–water partition coefficient (Wildman–Crippen LogP) is 3.62. The van der Waals surface area contributed by atoms with E-state index >= 15 is 0 Å². The maximum Gasteiger partial charge on any atom is 0.344 e. The third-order valence-electron chi connectivity index (χ3n) is 5.01. The van der Waals surface area contributed by atoms with Crippen LogP contribution in [0.15, 0.2) is 24.3 Å². The molecule has 1 aromatic rings. The molecule has 6 nitrogen and oxygen atoms in total. The van der Waals surface area contributed by atoms with Crippen LogP contribution in [0.3, 0.4) is 0 Å². The lowest BCUT2D eigenvalue weighted by molar-refractivity contribution is -0.167. The van der Waals surface area contributed by atoms with E-state index in [-0.39, 0.29) is 19.3 Å². The Balaban J connectivity index is 1.72. The largest absolute Gasteiger partial charge is 0.497 e. The number of ether oxygens (including phenoxy) is 4. The summed E-state index contributed by atoms with van der Waals surface area (Å²) < 4.78 is 21.0. The Morgan fingerprint density at radius 1 is 1.04 bits per heavy atom. The van der Waals surface area contributed by atoms with Gasteiger partial charge < -0.3 is 18.9 Å². The van der Waals surface area contributed by atoms with E-state index in [1.807, 2.05) is 0 Å². The van der Waals surface area contributed by atoms with Gasteiger partial charge in [0.1, 0.15) is 17.6 Å². The summed E-state index contributed by atoms with van der Waals surface area (Å²) in [6, 6.07) is 6.84. The molecule has 1 fully saturated rings. The Bertz CT molecular complexity index is 610. The van der Waals surface area contributed by atoms with Crippen molar-refractivity contribution in [1.29, 1.82) is 0 Å². The second kappa shape index (κ2) is 10.2. The number of esters is 2. The van der Waals surface area contributed by atoms with Crippen molar-refractivity contribution >= 4 is 11.9 Å². The lowest BCUT2D eigenvalue weighted by Crippen LogP contribution is -2.37. The minimum absolute atomic E-state index is 0.101. The number of hydrogen-bond donors (Lipinski definition) is 0. The Hall–Kier alpha value is -2.24. The minimum atomic E-state index is -0.611. The van der Waals surface area contributed by atoms with Crippen molar-refractivity contribution < 1.29 is 28.5 Å². The van der Waals surface area contributed by atoms with Crippen LogP contribution in [-0.4, -0.2) is 38.4 Å². The average molecular weight is 378 g/mol. The maximum absolute atomic E-state index is 12.1. The van der Waals surface area contributed by atoms with Crippen molar-refractivity contribution in [3.63, 3.8) is 0 Å². The molecular formula is C21H30O6. The summed E-state index contributed by atoms with van der Waals surface area (Å²) in [7, 11) is 1.57. The first-order chi connectivity index (χ1) is 12.9. The molecule has 27 heavy (non-hydrogen) atoms. The maximum atomic E-state index is 12.1. The van der Waals surface area contributed by atoms with Crippen molar-refractivity contribution in [2.24, 2.45) is 17.8 Å². The van der Waals surface area contributed by atoms with E-state index < -0.39 is 11.9 Å². The Labute approximate surface area is 161 Å². The van der Waals surface area contributed by atoms with E-state index in [9.17, 15) is 9.59 Å². The predicted molar refractivity (Wildman–Crippen MR) is 101 cm³/mol. The fourth-order valence-corrected chi connectivity index (χ4v) is 3.45. The Kier molecular flexibility index (Phi) is 7.95. The second-order valence-electron chi connectivity index (χ2n) is 7.48. The molecule has 0 aliphatic heterocycles. The fraction of sp³-hybridized carbons (Fsp3) is 0.619. The SMILES string of the molecule is COc1ccc(OCC(=O)OCC(=O)O[C@@H]2C[C@H](C)CC[C@H]2C(C)C)cc1. The number of methoxy groups -OCH3 is 1. The highest BCUT2D eigenvalue weighted by atomic mass is 16.6. The monoisotopic (exact) mass is 378 g/mol. The molecule has 0 unspecified atom stereocenters. The normalized spacial score (nSPS) is 22.2. The van der Waals surface area contributed by atoms with E-state index in [1.165, 1.54) is 0 Å². The number of carbonyl (C=O) groups excluding carboxylic acids is 2. The van der Waals surface area contributed by atoms with Crippen LogP contribution in [0.5, 0.6) is 11.5 Å². The zero-order valence-electron chi connectivity index (χ0n) is 16.6. The van der Waals surface area contributed by atoms with Crippen LogP contribution in [0, 0.1) is 17.8 Å². The first kappa shape index (κ1) is 21.1. The molecule has 0 heterocycles. The summed E-state index contributed by atoms with van der Waals surface area (Å²) in [5.74, 6) is 1.46. The van der Waals surface area contributed by atoms with Crippen molar-refractivity contribution in [3.8, 4) is 11.5 Å². The van der Waals surface area contributed by atoms with Crippen LogP contribution in [0.1, 0.15) is 40.0 Å². The summed E-state index contributed by atoms with van der Waals surface area (Å²) >= 11 is 0. The molecule has 1 saturated carbocycles. The molecule has 1 aliphatic carbocycles. The average Bonchev–Trinajstić information content (AvgIpc) is 2.65. The molecule has 6 heteroatoms. The third kappa shape index (κ3) is 6.77. The van der Waals surface area contributed by atoms with Crippen molar-refractivity contribution in [2.75, 3.05) is 20.3 Å². The molecule has 1 aromatic carbocycles. The molecule has 0 amide bonds. The van der Waals surface area contributed by atoms with Crippen LogP contribution in [0.2, 0.25) is 0 Å². The van der Waals surface area contributed by atoms with E-state index in [2.05, 4.69) is 20.8 Å². The van der Waals surface area contributed by atoms with Gasteiger partial charge in [-0.3, -0.25) is 0 Å². The van der Waals surface area contributed by atoms with Crippen LogP contribution in [0.25, 0.3) is 0 Å². The molecule has 2 rings (SSSR count). The van der Waals surface area contributed by atoms with E-state index in [0.717, 1.165) is 19.3 Å². The topological polar surface area (TPSA) is 71.1 Å². The van der Waals surface area contributed by atoms with E-state index in [1.54, 1.807) is 31.4 Å². The third-order valence-corrected chi connectivity index (χ3v) is 5.01. The highest BCUT2D eigenvalue weighted by Gasteiger charge is 2.33.